The van der Waals surface area contributed by atoms with Gasteiger partial charge in [-0.1, -0.05) is 39.7 Å². The molecule has 1 aromatic heterocycles. The standard InChI is InChI=1S/C16H12BrClFN3S2/c17-11-3-6-14(13(18)7-11)22-15(20-21-16(22)23)9-24-8-10-1-4-12(19)5-2-10/h1-7H,8-9H2,(H,21,23). The van der Waals surface area contributed by atoms with Crippen LogP contribution in [0.15, 0.2) is 46.9 Å². The van der Waals surface area contributed by atoms with Crippen molar-refractivity contribution in [3.05, 3.63) is 73.9 Å². The zero-order chi connectivity index (χ0) is 17.1. The predicted molar refractivity (Wildman–Crippen MR) is 103 cm³/mol. The van der Waals surface area contributed by atoms with Crippen molar-refractivity contribution in [1.29, 1.82) is 0 Å². The molecule has 0 aliphatic rings. The van der Waals surface area contributed by atoms with Crippen molar-refractivity contribution in [1.82, 2.24) is 14.8 Å². The van der Waals surface area contributed by atoms with E-state index in [0.29, 0.717) is 15.5 Å². The van der Waals surface area contributed by atoms with Crippen LogP contribution < -0.4 is 0 Å². The number of thioether (sulfide) groups is 1. The van der Waals surface area contributed by atoms with Gasteiger partial charge in [-0.05, 0) is 48.1 Å². The molecule has 3 aromatic rings. The molecule has 2 aromatic carbocycles. The van der Waals surface area contributed by atoms with Gasteiger partial charge in [0.05, 0.1) is 16.5 Å². The predicted octanol–water partition coefficient (Wildman–Crippen LogP) is 5.92. The highest BCUT2D eigenvalue weighted by molar-refractivity contribution is 9.10. The second kappa shape index (κ2) is 7.82. The Morgan fingerprint density at radius 3 is 2.67 bits per heavy atom. The van der Waals surface area contributed by atoms with Gasteiger partial charge in [0.15, 0.2) is 4.77 Å². The van der Waals surface area contributed by atoms with Crippen molar-refractivity contribution in [2.24, 2.45) is 0 Å². The molecular formula is C16H12BrClFN3S2. The molecular weight excluding hydrogens is 433 g/mol. The Balaban J connectivity index is 1.77. The number of hydrogen-bond acceptors (Lipinski definition) is 3. The monoisotopic (exact) mass is 443 g/mol. The van der Waals surface area contributed by atoms with E-state index in [9.17, 15) is 4.39 Å². The van der Waals surface area contributed by atoms with E-state index in [1.165, 1.54) is 12.1 Å². The number of nitrogens with zero attached hydrogens (tertiary/aromatic N) is 2. The van der Waals surface area contributed by atoms with Gasteiger partial charge >= 0.3 is 0 Å². The molecule has 0 radical (unpaired) electrons. The second-order valence-electron chi connectivity index (χ2n) is 5.00. The summed E-state index contributed by atoms with van der Waals surface area (Å²) in [6, 6.07) is 12.1. The Bertz CT molecular complexity index is 908. The van der Waals surface area contributed by atoms with Crippen molar-refractivity contribution in [3.63, 3.8) is 0 Å². The molecule has 0 saturated heterocycles. The van der Waals surface area contributed by atoms with Gasteiger partial charge in [0.25, 0.3) is 0 Å². The van der Waals surface area contributed by atoms with Gasteiger partial charge in [0.2, 0.25) is 0 Å². The lowest BCUT2D eigenvalue weighted by Crippen LogP contribution is -2.01. The molecule has 24 heavy (non-hydrogen) atoms. The van der Waals surface area contributed by atoms with Gasteiger partial charge in [0, 0.05) is 10.2 Å². The summed E-state index contributed by atoms with van der Waals surface area (Å²) in [4.78, 5) is 0. The molecule has 1 heterocycles. The van der Waals surface area contributed by atoms with E-state index in [1.54, 1.807) is 23.9 Å². The summed E-state index contributed by atoms with van der Waals surface area (Å²) in [7, 11) is 0. The van der Waals surface area contributed by atoms with Crippen LogP contribution >= 0.6 is 51.5 Å². The molecule has 0 aliphatic heterocycles. The molecule has 8 heteroatoms. The van der Waals surface area contributed by atoms with Crippen molar-refractivity contribution >= 4 is 51.5 Å². The first-order valence-electron chi connectivity index (χ1n) is 6.98. The number of nitrogens with one attached hydrogen (secondary N) is 1. The highest BCUT2D eigenvalue weighted by Gasteiger charge is 2.12. The molecule has 0 amide bonds. The number of halogens is 3. The first-order valence-corrected chi connectivity index (χ1v) is 9.72. The molecule has 1 N–H and O–H groups in total. The average Bonchev–Trinajstić information content (AvgIpc) is 2.90. The molecule has 0 aliphatic carbocycles. The Morgan fingerprint density at radius 1 is 1.21 bits per heavy atom. The van der Waals surface area contributed by atoms with Crippen LogP contribution in [0.25, 0.3) is 5.69 Å². The fourth-order valence-corrected chi connectivity index (χ4v) is 4.09. The largest absolute Gasteiger partial charge is 0.270 e. The van der Waals surface area contributed by atoms with Crippen LogP contribution in [0.4, 0.5) is 4.39 Å². The topological polar surface area (TPSA) is 33.6 Å². The summed E-state index contributed by atoms with van der Waals surface area (Å²) in [5, 5.41) is 7.70. The van der Waals surface area contributed by atoms with Crippen LogP contribution in [0.3, 0.4) is 0 Å². The van der Waals surface area contributed by atoms with Gasteiger partial charge in [-0.15, -0.1) is 11.8 Å². The molecule has 0 unspecified atom stereocenters. The van der Waals surface area contributed by atoms with Crippen molar-refractivity contribution in [3.8, 4) is 5.69 Å². The van der Waals surface area contributed by atoms with E-state index < -0.39 is 0 Å². The number of benzene rings is 2. The van der Waals surface area contributed by atoms with Crippen molar-refractivity contribution < 1.29 is 4.39 Å². The minimum atomic E-state index is -0.227. The maximum absolute atomic E-state index is 12.9. The normalized spacial score (nSPS) is 11.0. The minimum Gasteiger partial charge on any atom is -0.270 e. The van der Waals surface area contributed by atoms with Crippen LogP contribution in [0.1, 0.15) is 11.4 Å². The molecule has 0 fully saturated rings. The lowest BCUT2D eigenvalue weighted by Gasteiger charge is -2.09. The third-order valence-corrected chi connectivity index (χ3v) is 5.38. The van der Waals surface area contributed by atoms with Gasteiger partial charge in [0.1, 0.15) is 11.6 Å². The van der Waals surface area contributed by atoms with Gasteiger partial charge in [-0.25, -0.2) is 4.39 Å². The maximum atomic E-state index is 12.9. The average molecular weight is 445 g/mol. The molecule has 0 bridgehead atoms. The van der Waals surface area contributed by atoms with E-state index in [0.717, 1.165) is 27.3 Å². The van der Waals surface area contributed by atoms with E-state index in [-0.39, 0.29) is 5.82 Å². The Kier molecular flexibility index (Phi) is 5.76. The zero-order valence-corrected chi connectivity index (χ0v) is 16.3. The molecule has 0 atom stereocenters. The number of aromatic amines is 1. The maximum Gasteiger partial charge on any atom is 0.199 e. The highest BCUT2D eigenvalue weighted by Crippen LogP contribution is 2.27. The van der Waals surface area contributed by atoms with E-state index in [2.05, 4.69) is 26.1 Å². The van der Waals surface area contributed by atoms with Gasteiger partial charge < -0.3 is 0 Å². The lowest BCUT2D eigenvalue weighted by molar-refractivity contribution is 0.627. The van der Waals surface area contributed by atoms with Crippen LogP contribution in [0, 0.1) is 10.6 Å². The summed E-state index contributed by atoms with van der Waals surface area (Å²) in [5.41, 5.74) is 1.85. The van der Waals surface area contributed by atoms with Crippen LogP contribution in [0.2, 0.25) is 5.02 Å². The Morgan fingerprint density at radius 2 is 1.96 bits per heavy atom. The third-order valence-electron chi connectivity index (χ3n) is 3.31. The number of aromatic nitrogens is 3. The Labute approximate surface area is 161 Å². The summed E-state index contributed by atoms with van der Waals surface area (Å²) in [5.74, 6) is 1.97. The molecule has 124 valence electrons. The van der Waals surface area contributed by atoms with Crippen molar-refractivity contribution in [2.45, 2.75) is 11.5 Å². The van der Waals surface area contributed by atoms with E-state index in [1.807, 2.05) is 22.8 Å². The summed E-state index contributed by atoms with van der Waals surface area (Å²) in [6.45, 7) is 0. The van der Waals surface area contributed by atoms with Crippen LogP contribution in [-0.4, -0.2) is 14.8 Å². The zero-order valence-electron chi connectivity index (χ0n) is 12.3. The van der Waals surface area contributed by atoms with Crippen LogP contribution in [-0.2, 0) is 11.5 Å². The fourth-order valence-electron chi connectivity index (χ4n) is 2.18. The summed E-state index contributed by atoms with van der Waals surface area (Å²) >= 11 is 16.7. The van der Waals surface area contributed by atoms with E-state index in [4.69, 9.17) is 23.8 Å². The SMILES string of the molecule is Fc1ccc(CSCc2n[nH]c(=S)n2-c2ccc(Br)cc2Cl)cc1. The third kappa shape index (κ3) is 4.08. The summed E-state index contributed by atoms with van der Waals surface area (Å²) in [6.07, 6.45) is 0. The highest BCUT2D eigenvalue weighted by atomic mass is 79.9. The molecule has 3 rings (SSSR count). The quantitative estimate of drug-likeness (QED) is 0.496. The smallest absolute Gasteiger partial charge is 0.199 e. The van der Waals surface area contributed by atoms with E-state index >= 15 is 0 Å². The summed E-state index contributed by atoms with van der Waals surface area (Å²) < 4.78 is 16.2. The number of rotatable bonds is 5. The van der Waals surface area contributed by atoms with Crippen molar-refractivity contribution in [2.75, 3.05) is 0 Å². The number of hydrogen-bond donors (Lipinski definition) is 1. The molecule has 0 spiro atoms. The second-order valence-corrected chi connectivity index (χ2v) is 7.69. The fraction of sp³-hybridized carbons (Fsp3) is 0.125. The molecule has 3 nitrogen and oxygen atoms in total. The number of H-pyrrole nitrogens is 1. The first kappa shape index (κ1) is 17.7. The first-order chi connectivity index (χ1) is 11.5. The van der Waals surface area contributed by atoms with Gasteiger partial charge in [-0.3, -0.25) is 9.67 Å². The van der Waals surface area contributed by atoms with Crippen LogP contribution in [0.5, 0.6) is 0 Å². The Hall–Kier alpha value is -1.15. The lowest BCUT2D eigenvalue weighted by atomic mass is 10.2. The minimum absolute atomic E-state index is 0.227. The molecule has 0 saturated carbocycles. The van der Waals surface area contributed by atoms with Gasteiger partial charge in [-0.2, -0.15) is 5.10 Å².